The predicted molar refractivity (Wildman–Crippen MR) is 83.6 cm³/mol. The van der Waals surface area contributed by atoms with Crippen LogP contribution < -0.4 is 5.32 Å². The Morgan fingerprint density at radius 1 is 1.32 bits per heavy atom. The van der Waals surface area contributed by atoms with Crippen LogP contribution in [0.15, 0.2) is 11.4 Å². The maximum Gasteiger partial charge on any atom is 0.317 e. The van der Waals surface area contributed by atoms with Gasteiger partial charge in [0.2, 0.25) is 0 Å². The summed E-state index contributed by atoms with van der Waals surface area (Å²) >= 11 is 3.79. The molecule has 1 aliphatic rings. The third-order valence-electron chi connectivity index (χ3n) is 3.00. The Kier molecular flexibility index (Phi) is 5.03. The molecule has 1 aromatic rings. The summed E-state index contributed by atoms with van der Waals surface area (Å²) in [5, 5.41) is 4.67. The molecule has 1 fully saturated rings. The third-order valence-corrected chi connectivity index (χ3v) is 4.79. The minimum absolute atomic E-state index is 0.0420. The molecule has 19 heavy (non-hydrogen) atoms. The normalized spacial score (nSPS) is 15.5. The van der Waals surface area contributed by atoms with Crippen LogP contribution in [0.4, 0.5) is 4.79 Å². The average Bonchev–Trinajstić information content (AvgIpc) is 2.85. The predicted octanol–water partition coefficient (Wildman–Crippen LogP) is 1.84. The molecular formula is C12H16IN3O2S. The first-order chi connectivity index (χ1) is 9.11. The zero-order valence-electron chi connectivity index (χ0n) is 10.7. The summed E-state index contributed by atoms with van der Waals surface area (Å²) in [5.41, 5.74) is 0.751. The highest BCUT2D eigenvalue weighted by molar-refractivity contribution is 14.1. The van der Waals surface area contributed by atoms with E-state index in [4.69, 9.17) is 0 Å². The molecule has 1 aromatic heterocycles. The van der Waals surface area contributed by atoms with Gasteiger partial charge in [-0.05, 0) is 35.6 Å². The molecule has 5 nitrogen and oxygen atoms in total. The number of thiophene rings is 1. The van der Waals surface area contributed by atoms with Crippen molar-refractivity contribution in [1.29, 1.82) is 0 Å². The van der Waals surface area contributed by atoms with Gasteiger partial charge in [0, 0.05) is 38.1 Å². The highest BCUT2D eigenvalue weighted by Crippen LogP contribution is 2.18. The van der Waals surface area contributed by atoms with Crippen LogP contribution in [0.1, 0.15) is 17.3 Å². The molecule has 3 amide bonds. The van der Waals surface area contributed by atoms with Crippen LogP contribution in [0.2, 0.25) is 0 Å². The van der Waals surface area contributed by atoms with E-state index in [1.807, 2.05) is 23.3 Å². The number of hydrogen-bond donors (Lipinski definition) is 1. The Balaban J connectivity index is 1.89. The first-order valence-corrected chi connectivity index (χ1v) is 8.13. The minimum Gasteiger partial charge on any atom is -0.338 e. The second kappa shape index (κ2) is 6.56. The summed E-state index contributed by atoms with van der Waals surface area (Å²) in [7, 11) is 0. The second-order valence-electron chi connectivity index (χ2n) is 4.25. The number of nitrogens with zero attached hydrogens (tertiary/aromatic N) is 2. The molecule has 0 bridgehead atoms. The number of carbonyl (C=O) groups excluding carboxylic acids is 2. The van der Waals surface area contributed by atoms with Crippen LogP contribution in [-0.4, -0.2) is 54.5 Å². The van der Waals surface area contributed by atoms with E-state index in [1.54, 1.807) is 16.2 Å². The lowest BCUT2D eigenvalue weighted by Gasteiger charge is -2.34. The van der Waals surface area contributed by atoms with Crippen LogP contribution in [0.5, 0.6) is 0 Å². The van der Waals surface area contributed by atoms with E-state index < -0.39 is 0 Å². The molecule has 2 rings (SSSR count). The van der Waals surface area contributed by atoms with Crippen LogP contribution in [-0.2, 0) is 0 Å². The van der Waals surface area contributed by atoms with Crippen LogP contribution in [0, 0.1) is 2.88 Å². The highest BCUT2D eigenvalue weighted by atomic mass is 127. The number of carbonyl (C=O) groups is 2. The molecule has 1 N–H and O–H groups in total. The lowest BCUT2D eigenvalue weighted by atomic mass is 10.2. The smallest absolute Gasteiger partial charge is 0.317 e. The van der Waals surface area contributed by atoms with E-state index >= 15 is 0 Å². The Morgan fingerprint density at radius 3 is 2.47 bits per heavy atom. The van der Waals surface area contributed by atoms with Gasteiger partial charge in [-0.2, -0.15) is 0 Å². The minimum atomic E-state index is -0.0420. The van der Waals surface area contributed by atoms with Crippen molar-refractivity contribution in [2.45, 2.75) is 6.92 Å². The van der Waals surface area contributed by atoms with Gasteiger partial charge < -0.3 is 15.1 Å². The summed E-state index contributed by atoms with van der Waals surface area (Å²) in [6, 6.07) is 1.86. The maximum atomic E-state index is 12.2. The van der Waals surface area contributed by atoms with E-state index in [-0.39, 0.29) is 11.9 Å². The van der Waals surface area contributed by atoms with Gasteiger partial charge >= 0.3 is 6.03 Å². The number of amides is 3. The molecule has 0 unspecified atom stereocenters. The average molecular weight is 393 g/mol. The van der Waals surface area contributed by atoms with Crippen LogP contribution in [0.25, 0.3) is 0 Å². The summed E-state index contributed by atoms with van der Waals surface area (Å²) in [4.78, 5) is 27.5. The van der Waals surface area contributed by atoms with Gasteiger partial charge in [0.05, 0.1) is 8.45 Å². The quantitative estimate of drug-likeness (QED) is 0.780. The van der Waals surface area contributed by atoms with E-state index in [0.29, 0.717) is 32.7 Å². The molecule has 0 radical (unpaired) electrons. The molecular weight excluding hydrogens is 377 g/mol. The number of rotatable bonds is 2. The van der Waals surface area contributed by atoms with Crippen molar-refractivity contribution in [3.63, 3.8) is 0 Å². The topological polar surface area (TPSA) is 52.7 Å². The Labute approximate surface area is 130 Å². The van der Waals surface area contributed by atoms with Gasteiger partial charge in [0.15, 0.2) is 0 Å². The van der Waals surface area contributed by atoms with E-state index in [2.05, 4.69) is 27.9 Å². The van der Waals surface area contributed by atoms with Gasteiger partial charge in [-0.25, -0.2) is 4.79 Å². The van der Waals surface area contributed by atoms with E-state index in [0.717, 1.165) is 8.45 Å². The number of hydrogen-bond acceptors (Lipinski definition) is 3. The second-order valence-corrected chi connectivity index (χ2v) is 7.06. The molecule has 1 aliphatic heterocycles. The van der Waals surface area contributed by atoms with Crippen molar-refractivity contribution in [2.24, 2.45) is 0 Å². The standard InChI is InChI=1S/C12H16IN3O2S/c1-2-14-12(18)16-5-3-15(4-6-16)11(17)9-7-10(13)19-8-9/h7-8H,2-6H2,1H3,(H,14,18). The zero-order chi connectivity index (χ0) is 13.8. The number of halogens is 1. The third kappa shape index (κ3) is 3.59. The van der Waals surface area contributed by atoms with E-state index in [1.165, 1.54) is 0 Å². The fraction of sp³-hybridized carbons (Fsp3) is 0.500. The lowest BCUT2D eigenvalue weighted by molar-refractivity contribution is 0.0666. The summed E-state index contributed by atoms with van der Waals surface area (Å²) in [6.07, 6.45) is 0. The van der Waals surface area contributed by atoms with Crippen molar-refractivity contribution >= 4 is 45.9 Å². The molecule has 7 heteroatoms. The summed E-state index contributed by atoms with van der Waals surface area (Å²) in [5.74, 6) is 0.0646. The van der Waals surface area contributed by atoms with Crippen LogP contribution >= 0.6 is 33.9 Å². The maximum absolute atomic E-state index is 12.2. The van der Waals surface area contributed by atoms with Crippen molar-refractivity contribution in [2.75, 3.05) is 32.7 Å². The van der Waals surface area contributed by atoms with Gasteiger partial charge in [-0.3, -0.25) is 4.79 Å². The van der Waals surface area contributed by atoms with Crippen LogP contribution in [0.3, 0.4) is 0 Å². The fourth-order valence-corrected chi connectivity index (χ4v) is 3.30. The SMILES string of the molecule is CCNC(=O)N1CCN(C(=O)c2csc(I)c2)CC1. The van der Waals surface area contributed by atoms with E-state index in [9.17, 15) is 9.59 Å². The molecule has 0 saturated carbocycles. The Bertz CT molecular complexity index is 469. The molecule has 2 heterocycles. The summed E-state index contributed by atoms with van der Waals surface area (Å²) in [6.45, 7) is 4.92. The Hall–Kier alpha value is -0.830. The van der Waals surface area contributed by atoms with Gasteiger partial charge in [-0.1, -0.05) is 0 Å². The first kappa shape index (κ1) is 14.6. The van der Waals surface area contributed by atoms with Gasteiger partial charge in [0.25, 0.3) is 5.91 Å². The van der Waals surface area contributed by atoms with Gasteiger partial charge in [-0.15, -0.1) is 11.3 Å². The van der Waals surface area contributed by atoms with Gasteiger partial charge in [0.1, 0.15) is 0 Å². The molecule has 0 aromatic carbocycles. The van der Waals surface area contributed by atoms with Crippen molar-refractivity contribution in [1.82, 2.24) is 15.1 Å². The molecule has 104 valence electrons. The molecule has 1 saturated heterocycles. The van der Waals surface area contributed by atoms with Crippen molar-refractivity contribution in [3.05, 3.63) is 19.9 Å². The molecule has 0 spiro atoms. The monoisotopic (exact) mass is 393 g/mol. The highest BCUT2D eigenvalue weighted by Gasteiger charge is 2.24. The Morgan fingerprint density at radius 2 is 1.95 bits per heavy atom. The molecule has 0 atom stereocenters. The largest absolute Gasteiger partial charge is 0.338 e. The summed E-state index contributed by atoms with van der Waals surface area (Å²) < 4.78 is 1.11. The zero-order valence-corrected chi connectivity index (χ0v) is 13.7. The van der Waals surface area contributed by atoms with Crippen molar-refractivity contribution < 1.29 is 9.59 Å². The first-order valence-electron chi connectivity index (χ1n) is 6.18. The van der Waals surface area contributed by atoms with Crippen molar-refractivity contribution in [3.8, 4) is 0 Å². The molecule has 0 aliphatic carbocycles. The number of urea groups is 1. The number of nitrogens with one attached hydrogen (secondary N) is 1. The fourth-order valence-electron chi connectivity index (χ4n) is 1.98. The number of piperazine rings is 1. The lowest BCUT2D eigenvalue weighted by Crippen LogP contribution is -2.53.